The standard InChI is InChI=1S/C7H15NO5/c8-3-1-7(13,2-9)6(12)5(11)4(3)10/h3-6,9-13H,1-2,8H2/t3-,4-,5+,6-,7-/m0/s1/i2T/t2?,3-,4-,5+,6-,7-. The van der Waals surface area contributed by atoms with Crippen molar-refractivity contribution in [1.82, 2.24) is 0 Å². The van der Waals surface area contributed by atoms with E-state index >= 15 is 0 Å². The van der Waals surface area contributed by atoms with Crippen LogP contribution in [-0.2, 0) is 0 Å². The van der Waals surface area contributed by atoms with Gasteiger partial charge in [-0.25, -0.2) is 0 Å². The van der Waals surface area contributed by atoms with Gasteiger partial charge in [-0.3, -0.25) is 0 Å². The summed E-state index contributed by atoms with van der Waals surface area (Å²) in [5.41, 5.74) is 3.17. The fraction of sp³-hybridized carbons (Fsp3) is 1.00. The molecule has 1 unspecified atom stereocenters. The van der Waals surface area contributed by atoms with Crippen LogP contribution < -0.4 is 5.73 Å². The van der Waals surface area contributed by atoms with Crippen LogP contribution in [0.4, 0.5) is 0 Å². The second kappa shape index (κ2) is 3.49. The highest BCUT2D eigenvalue weighted by Crippen LogP contribution is 2.28. The van der Waals surface area contributed by atoms with Gasteiger partial charge in [-0.2, -0.15) is 0 Å². The smallest absolute Gasteiger partial charge is 0.118 e. The maximum absolute atomic E-state index is 9.64. The Morgan fingerprint density at radius 3 is 2.38 bits per heavy atom. The van der Waals surface area contributed by atoms with Crippen LogP contribution in [0.5, 0.6) is 0 Å². The normalized spacial score (nSPS) is 55.7. The molecule has 0 amide bonds. The van der Waals surface area contributed by atoms with E-state index in [0.29, 0.717) is 0 Å². The first-order valence-electron chi connectivity index (χ1n) is 4.51. The SMILES string of the molecule is [3H]C(O)[C@@]1(O)C[C@H](N)[C@H](O)[C@@H](O)[C@@H]1O. The number of rotatable bonds is 1. The molecule has 78 valence electrons. The van der Waals surface area contributed by atoms with Gasteiger partial charge < -0.3 is 31.3 Å². The minimum absolute atomic E-state index is 0.350. The average molecular weight is 195 g/mol. The van der Waals surface area contributed by atoms with E-state index in [1.165, 1.54) is 0 Å². The summed E-state index contributed by atoms with van der Waals surface area (Å²) in [5, 5.41) is 46.4. The highest BCUT2D eigenvalue weighted by molar-refractivity contribution is 5.03. The second-order valence-corrected chi connectivity index (χ2v) is 3.41. The summed E-state index contributed by atoms with van der Waals surface area (Å²) >= 11 is 0. The third kappa shape index (κ3) is 1.69. The zero-order valence-electron chi connectivity index (χ0n) is 7.91. The van der Waals surface area contributed by atoms with Gasteiger partial charge in [0.15, 0.2) is 0 Å². The summed E-state index contributed by atoms with van der Waals surface area (Å²) in [5.74, 6) is 0. The van der Waals surface area contributed by atoms with Gasteiger partial charge in [-0.1, -0.05) is 0 Å². The number of aliphatic hydroxyl groups is 5. The summed E-state index contributed by atoms with van der Waals surface area (Å²) in [6.45, 7) is -1.98. The van der Waals surface area contributed by atoms with Crippen LogP contribution in [0, 0.1) is 0 Å². The summed E-state index contributed by atoms with van der Waals surface area (Å²) in [4.78, 5) is 0. The molecule has 0 bridgehead atoms. The van der Waals surface area contributed by atoms with E-state index in [2.05, 4.69) is 0 Å². The minimum Gasteiger partial charge on any atom is -0.393 e. The molecule has 6 atom stereocenters. The first-order chi connectivity index (χ1) is 6.30. The molecule has 7 N–H and O–H groups in total. The molecule has 0 radical (unpaired) electrons. The summed E-state index contributed by atoms with van der Waals surface area (Å²) in [6.07, 6.45) is -5.17. The van der Waals surface area contributed by atoms with Gasteiger partial charge in [-0.05, 0) is 6.42 Å². The predicted octanol–water partition coefficient (Wildman–Crippen LogP) is -3.48. The fourth-order valence-electron chi connectivity index (χ4n) is 1.48. The van der Waals surface area contributed by atoms with Gasteiger partial charge in [0.2, 0.25) is 0 Å². The topological polar surface area (TPSA) is 127 Å². The maximum atomic E-state index is 9.64. The summed E-state index contributed by atoms with van der Waals surface area (Å²) < 4.78 is 6.94. The lowest BCUT2D eigenvalue weighted by Gasteiger charge is -2.43. The van der Waals surface area contributed by atoms with Crippen LogP contribution in [0.3, 0.4) is 0 Å². The molecule has 1 aliphatic carbocycles. The van der Waals surface area contributed by atoms with Crippen molar-refractivity contribution in [3.05, 3.63) is 0 Å². The van der Waals surface area contributed by atoms with Crippen molar-refractivity contribution >= 4 is 0 Å². The Morgan fingerprint density at radius 1 is 1.38 bits per heavy atom. The Bertz CT molecular complexity index is 216. The van der Waals surface area contributed by atoms with E-state index in [1.54, 1.807) is 0 Å². The molecule has 0 saturated heterocycles. The molecule has 0 heterocycles. The maximum Gasteiger partial charge on any atom is 0.118 e. The third-order valence-electron chi connectivity index (χ3n) is 2.41. The van der Waals surface area contributed by atoms with Gasteiger partial charge in [-0.15, -0.1) is 0 Å². The lowest BCUT2D eigenvalue weighted by molar-refractivity contribution is -0.203. The van der Waals surface area contributed by atoms with Crippen molar-refractivity contribution in [2.45, 2.75) is 36.4 Å². The van der Waals surface area contributed by atoms with Gasteiger partial charge in [0, 0.05) is 6.04 Å². The number of nitrogens with two attached hydrogens (primary N) is 1. The quantitative estimate of drug-likeness (QED) is 0.258. The molecule has 1 fully saturated rings. The molecule has 1 aliphatic rings. The molecule has 0 spiro atoms. The van der Waals surface area contributed by atoms with Crippen LogP contribution in [0.25, 0.3) is 0 Å². The zero-order valence-corrected chi connectivity index (χ0v) is 6.91. The van der Waals surface area contributed by atoms with Gasteiger partial charge in [0.1, 0.15) is 17.8 Å². The van der Waals surface area contributed by atoms with Crippen LogP contribution >= 0.6 is 0 Å². The van der Waals surface area contributed by atoms with Crippen LogP contribution in [0.15, 0.2) is 0 Å². The number of hydrogen-bond acceptors (Lipinski definition) is 6. The monoisotopic (exact) mass is 195 g/mol. The van der Waals surface area contributed by atoms with Crippen molar-refractivity contribution in [2.75, 3.05) is 6.58 Å². The van der Waals surface area contributed by atoms with Crippen molar-refractivity contribution in [2.24, 2.45) is 5.73 Å². The van der Waals surface area contributed by atoms with E-state index in [-0.39, 0.29) is 6.42 Å². The first-order valence-corrected chi connectivity index (χ1v) is 3.93. The zero-order chi connectivity index (χ0) is 11.1. The molecule has 13 heavy (non-hydrogen) atoms. The number of hydrogen-bond donors (Lipinski definition) is 6. The van der Waals surface area contributed by atoms with Crippen molar-refractivity contribution in [3.63, 3.8) is 0 Å². The molecular weight excluding hydrogens is 178 g/mol. The van der Waals surface area contributed by atoms with Gasteiger partial charge in [0.25, 0.3) is 0 Å². The summed E-state index contributed by atoms with van der Waals surface area (Å²) in [6, 6.07) is -0.988. The Labute approximate surface area is 76.6 Å². The molecule has 0 aromatic carbocycles. The van der Waals surface area contributed by atoms with E-state index in [4.69, 9.17) is 12.2 Å². The van der Waals surface area contributed by atoms with E-state index in [9.17, 15) is 20.4 Å². The molecular formula is C7H15NO5. The number of aliphatic hydroxyl groups excluding tert-OH is 4. The minimum atomic E-state index is -2.20. The molecule has 1 saturated carbocycles. The van der Waals surface area contributed by atoms with E-state index in [1.807, 2.05) is 0 Å². The van der Waals surface area contributed by atoms with Crippen LogP contribution in [0.1, 0.15) is 7.79 Å². The molecule has 6 nitrogen and oxygen atoms in total. The predicted molar refractivity (Wildman–Crippen MR) is 42.6 cm³/mol. The third-order valence-corrected chi connectivity index (χ3v) is 2.41. The Hall–Kier alpha value is -0.240. The lowest BCUT2D eigenvalue weighted by Crippen LogP contribution is -2.66. The molecule has 0 aromatic heterocycles. The molecule has 0 aliphatic heterocycles. The van der Waals surface area contributed by atoms with E-state index in [0.717, 1.165) is 0 Å². The van der Waals surface area contributed by atoms with Crippen molar-refractivity contribution in [1.29, 1.82) is 0 Å². The second-order valence-electron chi connectivity index (χ2n) is 3.41. The van der Waals surface area contributed by atoms with Gasteiger partial charge in [0.05, 0.1) is 14.1 Å². The van der Waals surface area contributed by atoms with Crippen molar-refractivity contribution < 1.29 is 26.9 Å². The Kier molecular flexibility index (Phi) is 2.50. The highest BCUT2D eigenvalue weighted by Gasteiger charge is 2.49. The van der Waals surface area contributed by atoms with Crippen molar-refractivity contribution in [3.8, 4) is 0 Å². The fourth-order valence-corrected chi connectivity index (χ4v) is 1.48. The Morgan fingerprint density at radius 2 is 1.92 bits per heavy atom. The average Bonchev–Trinajstić information content (AvgIpc) is 2.11. The lowest BCUT2D eigenvalue weighted by atomic mass is 9.77. The van der Waals surface area contributed by atoms with E-state index < -0.39 is 36.5 Å². The molecule has 0 aromatic rings. The largest absolute Gasteiger partial charge is 0.393 e. The molecule has 6 heteroatoms. The summed E-state index contributed by atoms with van der Waals surface area (Å²) in [7, 11) is 0. The van der Waals surface area contributed by atoms with Crippen LogP contribution in [0.2, 0.25) is 0 Å². The van der Waals surface area contributed by atoms with Gasteiger partial charge >= 0.3 is 0 Å². The first kappa shape index (κ1) is 9.32. The molecule has 1 rings (SSSR count). The van der Waals surface area contributed by atoms with Crippen LogP contribution in [-0.4, -0.2) is 62.1 Å². The highest BCUT2D eigenvalue weighted by atomic mass is 16.4. The Balaban J connectivity index is 2.90.